The first-order chi connectivity index (χ1) is 14.5. The monoisotopic (exact) mass is 490 g/mol. The lowest BCUT2D eigenvalue weighted by atomic mass is 10.2. The van der Waals surface area contributed by atoms with Crippen LogP contribution in [0.15, 0.2) is 45.5 Å². The fourth-order valence-electron chi connectivity index (χ4n) is 3.06. The van der Waals surface area contributed by atoms with Crippen molar-refractivity contribution < 1.29 is 18.7 Å². The molecule has 4 rings (SSSR count). The predicted octanol–water partition coefficient (Wildman–Crippen LogP) is 3.56. The van der Waals surface area contributed by atoms with E-state index in [1.165, 1.54) is 0 Å². The Hall–Kier alpha value is -2.72. The van der Waals surface area contributed by atoms with E-state index in [-0.39, 0.29) is 24.1 Å². The third-order valence-electron chi connectivity index (χ3n) is 4.59. The molecule has 2 aromatic heterocycles. The van der Waals surface area contributed by atoms with Crippen molar-refractivity contribution in [1.29, 1.82) is 0 Å². The van der Waals surface area contributed by atoms with E-state index in [1.54, 1.807) is 35.7 Å². The molecular formula is C20H19BrN4O4S. The van der Waals surface area contributed by atoms with E-state index in [0.717, 1.165) is 34.1 Å². The molecule has 3 aromatic rings. The van der Waals surface area contributed by atoms with Crippen molar-refractivity contribution in [2.75, 3.05) is 12.4 Å². The summed E-state index contributed by atoms with van der Waals surface area (Å²) in [5.41, 5.74) is 2.79. The van der Waals surface area contributed by atoms with Gasteiger partial charge in [-0.05, 0) is 45.8 Å². The third-order valence-corrected chi connectivity index (χ3v) is 5.99. The second kappa shape index (κ2) is 8.97. The number of nitrogens with one attached hydrogen (secondary N) is 2. The molecule has 2 amide bonds. The first-order valence-electron chi connectivity index (χ1n) is 9.16. The van der Waals surface area contributed by atoms with Crippen molar-refractivity contribution in [1.82, 2.24) is 15.1 Å². The molecule has 0 atom stereocenters. The van der Waals surface area contributed by atoms with Crippen LogP contribution in [-0.4, -0.2) is 28.7 Å². The number of methoxy groups -OCH3 is 1. The Bertz CT molecular complexity index is 1080. The maximum absolute atomic E-state index is 12.5. The summed E-state index contributed by atoms with van der Waals surface area (Å²) in [6.45, 7) is 0.396. The molecule has 1 aliphatic heterocycles. The van der Waals surface area contributed by atoms with Crippen molar-refractivity contribution >= 4 is 45.3 Å². The fourth-order valence-corrected chi connectivity index (χ4v) is 4.40. The number of halogens is 1. The Morgan fingerprint density at radius 2 is 2.03 bits per heavy atom. The summed E-state index contributed by atoms with van der Waals surface area (Å²) in [6, 6.07) is 10.7. The number of benzene rings is 1. The number of carbonyl (C=O) groups is 2. The van der Waals surface area contributed by atoms with Crippen LogP contribution in [0.4, 0.5) is 5.82 Å². The first-order valence-corrected chi connectivity index (χ1v) is 11.1. The highest BCUT2D eigenvalue weighted by atomic mass is 79.9. The van der Waals surface area contributed by atoms with Gasteiger partial charge in [-0.3, -0.25) is 9.59 Å². The van der Waals surface area contributed by atoms with E-state index in [0.29, 0.717) is 17.0 Å². The summed E-state index contributed by atoms with van der Waals surface area (Å²) >= 11 is 4.91. The van der Waals surface area contributed by atoms with E-state index in [2.05, 4.69) is 31.7 Å². The molecule has 8 nitrogen and oxygen atoms in total. The maximum atomic E-state index is 12.5. The SMILES string of the molecule is COc1ccc(CNC(=O)Cn2nc3c(c2NC(=O)c2ccc(Br)o2)CSC3)cc1. The molecule has 1 aliphatic rings. The molecular weight excluding hydrogens is 472 g/mol. The number of rotatable bonds is 7. The van der Waals surface area contributed by atoms with Gasteiger partial charge in [0.05, 0.1) is 12.8 Å². The molecule has 3 heterocycles. The van der Waals surface area contributed by atoms with Gasteiger partial charge in [-0.2, -0.15) is 16.9 Å². The molecule has 10 heteroatoms. The summed E-state index contributed by atoms with van der Waals surface area (Å²) in [6.07, 6.45) is 0. The standard InChI is InChI=1S/C20H19BrN4O4S/c1-28-13-4-2-12(3-5-13)8-22-18(26)9-25-19(14-10-30-11-15(14)24-25)23-20(27)16-6-7-17(21)29-16/h2-7H,8-11H2,1H3,(H,22,26)(H,23,27). The van der Waals surface area contributed by atoms with Crippen molar-refractivity contribution in [2.24, 2.45) is 0 Å². The van der Waals surface area contributed by atoms with Crippen LogP contribution in [0.3, 0.4) is 0 Å². The van der Waals surface area contributed by atoms with Gasteiger partial charge in [0.2, 0.25) is 5.91 Å². The van der Waals surface area contributed by atoms with Crippen LogP contribution in [0.2, 0.25) is 0 Å². The molecule has 156 valence electrons. The number of hydrogen-bond donors (Lipinski definition) is 2. The minimum absolute atomic E-state index is 0.00524. The van der Waals surface area contributed by atoms with Crippen molar-refractivity contribution in [2.45, 2.75) is 24.6 Å². The highest BCUT2D eigenvalue weighted by Gasteiger charge is 2.26. The Morgan fingerprint density at radius 1 is 1.23 bits per heavy atom. The van der Waals surface area contributed by atoms with Crippen molar-refractivity contribution in [3.63, 3.8) is 0 Å². The summed E-state index contributed by atoms with van der Waals surface area (Å²) in [7, 11) is 1.61. The zero-order chi connectivity index (χ0) is 21.1. The van der Waals surface area contributed by atoms with Gasteiger partial charge < -0.3 is 19.8 Å². The van der Waals surface area contributed by atoms with Gasteiger partial charge in [0.15, 0.2) is 10.4 Å². The molecule has 0 spiro atoms. The Balaban J connectivity index is 1.44. The minimum Gasteiger partial charge on any atom is -0.497 e. The molecule has 30 heavy (non-hydrogen) atoms. The Kier molecular flexibility index (Phi) is 6.14. The van der Waals surface area contributed by atoms with Crippen LogP contribution in [0.25, 0.3) is 0 Å². The van der Waals surface area contributed by atoms with Crippen molar-refractivity contribution in [3.05, 3.63) is 63.6 Å². The zero-order valence-corrected chi connectivity index (χ0v) is 18.5. The number of thioether (sulfide) groups is 1. The van der Waals surface area contributed by atoms with E-state index in [4.69, 9.17) is 9.15 Å². The third kappa shape index (κ3) is 4.54. The lowest BCUT2D eigenvalue weighted by Gasteiger charge is -2.11. The predicted molar refractivity (Wildman–Crippen MR) is 116 cm³/mol. The van der Waals surface area contributed by atoms with Gasteiger partial charge in [0.1, 0.15) is 18.1 Å². The first kappa shape index (κ1) is 20.5. The molecule has 0 unspecified atom stereocenters. The van der Waals surface area contributed by atoms with Crippen molar-refractivity contribution in [3.8, 4) is 5.75 Å². The number of anilines is 1. The number of fused-ring (bicyclic) bond motifs is 1. The number of amides is 2. The molecule has 0 fully saturated rings. The second-order valence-corrected chi connectivity index (χ2v) is 8.37. The Labute approximate surface area is 185 Å². The number of ether oxygens (including phenoxy) is 1. The second-order valence-electron chi connectivity index (χ2n) is 6.61. The van der Waals surface area contributed by atoms with Crippen LogP contribution in [0.1, 0.15) is 27.4 Å². The van der Waals surface area contributed by atoms with Crippen LogP contribution in [0.5, 0.6) is 5.75 Å². The smallest absolute Gasteiger partial charge is 0.292 e. The zero-order valence-electron chi connectivity index (χ0n) is 16.1. The molecule has 0 saturated carbocycles. The molecule has 0 saturated heterocycles. The average Bonchev–Trinajstić information content (AvgIpc) is 3.45. The highest BCUT2D eigenvalue weighted by molar-refractivity contribution is 9.10. The van der Waals surface area contributed by atoms with Gasteiger partial charge >= 0.3 is 0 Å². The van der Waals surface area contributed by atoms with Gasteiger partial charge in [-0.1, -0.05) is 12.1 Å². The van der Waals surface area contributed by atoms with Gasteiger partial charge in [0, 0.05) is 23.6 Å². The highest BCUT2D eigenvalue weighted by Crippen LogP contribution is 2.35. The molecule has 0 bridgehead atoms. The van der Waals surface area contributed by atoms with Gasteiger partial charge in [-0.15, -0.1) is 0 Å². The summed E-state index contributed by atoms with van der Waals surface area (Å²) < 4.78 is 12.5. The largest absolute Gasteiger partial charge is 0.497 e. The Morgan fingerprint density at radius 3 is 2.73 bits per heavy atom. The summed E-state index contributed by atoms with van der Waals surface area (Å²) in [5.74, 6) is 2.38. The number of carbonyl (C=O) groups excluding carboxylic acids is 2. The topological polar surface area (TPSA) is 98.4 Å². The molecule has 0 radical (unpaired) electrons. The molecule has 1 aromatic carbocycles. The average molecular weight is 491 g/mol. The van der Waals surface area contributed by atoms with Crippen LogP contribution < -0.4 is 15.4 Å². The van der Waals surface area contributed by atoms with E-state index in [1.807, 2.05) is 24.3 Å². The number of furan rings is 1. The number of aromatic nitrogens is 2. The van der Waals surface area contributed by atoms with E-state index >= 15 is 0 Å². The van der Waals surface area contributed by atoms with Crippen LogP contribution in [-0.2, 0) is 29.4 Å². The maximum Gasteiger partial charge on any atom is 0.292 e. The van der Waals surface area contributed by atoms with Crippen LogP contribution >= 0.6 is 27.7 Å². The molecule has 2 N–H and O–H groups in total. The lowest BCUT2D eigenvalue weighted by molar-refractivity contribution is -0.122. The number of nitrogens with zero attached hydrogens (tertiary/aromatic N) is 2. The summed E-state index contributed by atoms with van der Waals surface area (Å²) in [4.78, 5) is 25.0. The fraction of sp³-hybridized carbons (Fsp3) is 0.250. The normalized spacial score (nSPS) is 12.5. The number of hydrogen-bond acceptors (Lipinski definition) is 6. The van der Waals surface area contributed by atoms with E-state index < -0.39 is 0 Å². The minimum atomic E-state index is -0.389. The quantitative estimate of drug-likeness (QED) is 0.525. The van der Waals surface area contributed by atoms with Gasteiger partial charge in [0.25, 0.3) is 5.91 Å². The van der Waals surface area contributed by atoms with Gasteiger partial charge in [-0.25, -0.2) is 4.68 Å². The van der Waals surface area contributed by atoms with Crippen LogP contribution in [0, 0.1) is 0 Å². The molecule has 0 aliphatic carbocycles. The lowest BCUT2D eigenvalue weighted by Crippen LogP contribution is -2.28. The van der Waals surface area contributed by atoms with E-state index in [9.17, 15) is 9.59 Å². The summed E-state index contributed by atoms with van der Waals surface area (Å²) in [5, 5.41) is 10.3.